The molecule has 2 aromatic carbocycles. The van der Waals surface area contributed by atoms with Gasteiger partial charge in [-0.25, -0.2) is 0 Å². The number of nitrogens with zero attached hydrogens (tertiary/aromatic N) is 2. The normalized spacial score (nSPS) is 15.5. The summed E-state index contributed by atoms with van der Waals surface area (Å²) in [5, 5.41) is 17.6. The van der Waals surface area contributed by atoms with Gasteiger partial charge in [-0.1, -0.05) is 23.7 Å². The van der Waals surface area contributed by atoms with Crippen LogP contribution in [0.2, 0.25) is 5.02 Å². The highest BCUT2D eigenvalue weighted by molar-refractivity contribution is 6.30. The Morgan fingerprint density at radius 3 is 2.55 bits per heavy atom. The van der Waals surface area contributed by atoms with Crippen LogP contribution < -0.4 is 10.6 Å². The number of rotatable bonds is 7. The summed E-state index contributed by atoms with van der Waals surface area (Å²) in [7, 11) is 1.50. The highest BCUT2D eigenvalue weighted by atomic mass is 35.5. The van der Waals surface area contributed by atoms with Crippen molar-refractivity contribution in [1.82, 2.24) is 10.2 Å². The first-order valence-corrected chi connectivity index (χ1v) is 9.69. The molecular weight excluding hydrogens is 396 g/mol. The van der Waals surface area contributed by atoms with Crippen molar-refractivity contribution in [2.24, 2.45) is 0 Å². The van der Waals surface area contributed by atoms with Gasteiger partial charge < -0.3 is 15.4 Å². The Hall–Kier alpha value is -2.68. The average molecular weight is 419 g/mol. The van der Waals surface area contributed by atoms with Crippen LogP contribution in [0, 0.1) is 10.1 Å². The number of anilines is 1. The SMILES string of the molecule is CNC(=O)c1cc([N+](=O)[O-])ccc1NCC(c1ccc(Cl)cc1)N1CCOCC1. The molecule has 9 heteroatoms. The predicted molar refractivity (Wildman–Crippen MR) is 112 cm³/mol. The van der Waals surface area contributed by atoms with Crippen molar-refractivity contribution in [2.45, 2.75) is 6.04 Å². The molecule has 2 aromatic rings. The third-order valence-corrected chi connectivity index (χ3v) is 5.16. The van der Waals surface area contributed by atoms with Crippen LogP contribution in [0.5, 0.6) is 0 Å². The molecular formula is C20H23ClN4O4. The minimum atomic E-state index is -0.513. The van der Waals surface area contributed by atoms with Crippen molar-refractivity contribution in [3.05, 3.63) is 68.7 Å². The lowest BCUT2D eigenvalue weighted by Gasteiger charge is -2.35. The lowest BCUT2D eigenvalue weighted by atomic mass is 10.0. The summed E-state index contributed by atoms with van der Waals surface area (Å²) < 4.78 is 5.47. The van der Waals surface area contributed by atoms with Crippen molar-refractivity contribution in [1.29, 1.82) is 0 Å². The third kappa shape index (κ3) is 5.23. The molecule has 1 unspecified atom stereocenters. The van der Waals surface area contributed by atoms with E-state index in [1.54, 1.807) is 6.07 Å². The third-order valence-electron chi connectivity index (χ3n) is 4.91. The Labute approximate surface area is 173 Å². The molecule has 0 aliphatic carbocycles. The first-order valence-electron chi connectivity index (χ1n) is 9.31. The van der Waals surface area contributed by atoms with Gasteiger partial charge in [-0.3, -0.25) is 19.8 Å². The number of nitro benzene ring substituents is 1. The van der Waals surface area contributed by atoms with Crippen LogP contribution in [0.4, 0.5) is 11.4 Å². The zero-order chi connectivity index (χ0) is 20.8. The number of halogens is 1. The predicted octanol–water partition coefficient (Wildman–Crippen LogP) is 3.09. The zero-order valence-corrected chi connectivity index (χ0v) is 16.8. The largest absolute Gasteiger partial charge is 0.382 e. The van der Waals surface area contributed by atoms with Gasteiger partial charge in [0.2, 0.25) is 0 Å². The first kappa shape index (κ1) is 21.0. The number of carbonyl (C=O) groups excluding carboxylic acids is 1. The van der Waals surface area contributed by atoms with Crippen molar-refractivity contribution in [2.75, 3.05) is 45.2 Å². The Balaban J connectivity index is 1.85. The minimum Gasteiger partial charge on any atom is -0.382 e. The first-order chi connectivity index (χ1) is 14.0. The van der Waals surface area contributed by atoms with Gasteiger partial charge in [-0.15, -0.1) is 0 Å². The fourth-order valence-corrected chi connectivity index (χ4v) is 3.49. The number of morpholine rings is 1. The van der Waals surface area contributed by atoms with Crippen molar-refractivity contribution in [3.8, 4) is 0 Å². The van der Waals surface area contributed by atoms with E-state index in [0.29, 0.717) is 30.5 Å². The average Bonchev–Trinajstić information content (AvgIpc) is 2.75. The van der Waals surface area contributed by atoms with Gasteiger partial charge in [-0.05, 0) is 23.8 Å². The Morgan fingerprint density at radius 2 is 1.93 bits per heavy atom. The van der Waals surface area contributed by atoms with Gasteiger partial charge in [0.15, 0.2) is 0 Å². The van der Waals surface area contributed by atoms with E-state index in [4.69, 9.17) is 16.3 Å². The summed E-state index contributed by atoms with van der Waals surface area (Å²) in [5.74, 6) is -0.384. The van der Waals surface area contributed by atoms with E-state index in [0.717, 1.165) is 18.7 Å². The van der Waals surface area contributed by atoms with Gasteiger partial charge in [0.1, 0.15) is 0 Å². The lowest BCUT2D eigenvalue weighted by molar-refractivity contribution is -0.384. The number of carbonyl (C=O) groups is 1. The zero-order valence-electron chi connectivity index (χ0n) is 16.1. The monoisotopic (exact) mass is 418 g/mol. The quantitative estimate of drug-likeness (QED) is 0.529. The van der Waals surface area contributed by atoms with Crippen molar-refractivity contribution < 1.29 is 14.5 Å². The maximum absolute atomic E-state index is 12.2. The molecule has 1 amide bonds. The Bertz CT molecular complexity index is 869. The number of benzene rings is 2. The van der Waals surface area contributed by atoms with E-state index in [1.807, 2.05) is 24.3 Å². The molecule has 0 bridgehead atoms. The minimum absolute atomic E-state index is 0.0314. The van der Waals surface area contributed by atoms with Crippen molar-refractivity contribution >= 4 is 28.9 Å². The molecule has 0 radical (unpaired) electrons. The molecule has 3 rings (SSSR count). The second-order valence-corrected chi connectivity index (χ2v) is 7.10. The molecule has 1 saturated heterocycles. The summed E-state index contributed by atoms with van der Waals surface area (Å²) in [4.78, 5) is 25.1. The molecule has 8 nitrogen and oxygen atoms in total. The maximum atomic E-state index is 12.2. The van der Waals surface area contributed by atoms with Gasteiger partial charge in [0.05, 0.1) is 29.7 Å². The molecule has 0 saturated carbocycles. The molecule has 1 aliphatic heterocycles. The number of non-ortho nitro benzene ring substituents is 1. The maximum Gasteiger partial charge on any atom is 0.270 e. The van der Waals surface area contributed by atoms with Gasteiger partial charge in [0.25, 0.3) is 11.6 Å². The molecule has 1 fully saturated rings. The van der Waals surface area contributed by atoms with Gasteiger partial charge in [-0.2, -0.15) is 0 Å². The summed E-state index contributed by atoms with van der Waals surface area (Å²) in [6.07, 6.45) is 0. The fraction of sp³-hybridized carbons (Fsp3) is 0.350. The van der Waals surface area contributed by atoms with Crippen LogP contribution in [-0.2, 0) is 4.74 Å². The lowest BCUT2D eigenvalue weighted by Crippen LogP contribution is -2.41. The second-order valence-electron chi connectivity index (χ2n) is 6.66. The highest BCUT2D eigenvalue weighted by Gasteiger charge is 2.24. The van der Waals surface area contributed by atoms with E-state index >= 15 is 0 Å². The molecule has 29 heavy (non-hydrogen) atoms. The molecule has 0 spiro atoms. The summed E-state index contributed by atoms with van der Waals surface area (Å²) in [6.45, 7) is 3.41. The summed E-state index contributed by atoms with van der Waals surface area (Å²) >= 11 is 6.04. The van der Waals surface area contributed by atoms with E-state index < -0.39 is 4.92 Å². The number of nitro groups is 1. The molecule has 1 aliphatic rings. The van der Waals surface area contributed by atoms with E-state index in [-0.39, 0.29) is 23.2 Å². The van der Waals surface area contributed by atoms with Gasteiger partial charge in [0, 0.05) is 49.5 Å². The number of nitrogens with one attached hydrogen (secondary N) is 2. The van der Waals surface area contributed by atoms with E-state index in [2.05, 4.69) is 15.5 Å². The van der Waals surface area contributed by atoms with Crippen LogP contribution in [-0.4, -0.2) is 55.6 Å². The van der Waals surface area contributed by atoms with Crippen LogP contribution in [0.1, 0.15) is 22.0 Å². The van der Waals surface area contributed by atoms with Crippen LogP contribution in [0.25, 0.3) is 0 Å². The molecule has 154 valence electrons. The fourth-order valence-electron chi connectivity index (χ4n) is 3.36. The highest BCUT2D eigenvalue weighted by Crippen LogP contribution is 2.27. The number of hydrogen-bond donors (Lipinski definition) is 2. The number of ether oxygens (including phenoxy) is 1. The standard InChI is InChI=1S/C20H23ClN4O4/c1-22-20(26)17-12-16(25(27)28)6-7-18(17)23-13-19(24-8-10-29-11-9-24)14-2-4-15(21)5-3-14/h2-7,12,19,23H,8-11,13H2,1H3,(H,22,26). The summed E-state index contributed by atoms with van der Waals surface area (Å²) in [6, 6.07) is 12.0. The number of hydrogen-bond acceptors (Lipinski definition) is 6. The van der Waals surface area contributed by atoms with Crippen molar-refractivity contribution in [3.63, 3.8) is 0 Å². The molecule has 1 heterocycles. The van der Waals surface area contributed by atoms with Crippen LogP contribution in [0.3, 0.4) is 0 Å². The smallest absolute Gasteiger partial charge is 0.270 e. The molecule has 0 aromatic heterocycles. The van der Waals surface area contributed by atoms with Crippen LogP contribution in [0.15, 0.2) is 42.5 Å². The van der Waals surface area contributed by atoms with Crippen LogP contribution >= 0.6 is 11.6 Å². The number of amides is 1. The topological polar surface area (TPSA) is 96.7 Å². The van der Waals surface area contributed by atoms with E-state index in [1.165, 1.54) is 19.2 Å². The molecule has 1 atom stereocenters. The second kappa shape index (κ2) is 9.69. The summed E-state index contributed by atoms with van der Waals surface area (Å²) in [5.41, 5.74) is 1.74. The Morgan fingerprint density at radius 1 is 1.24 bits per heavy atom. The Kier molecular flexibility index (Phi) is 7.03. The molecule has 2 N–H and O–H groups in total. The van der Waals surface area contributed by atoms with E-state index in [9.17, 15) is 14.9 Å². The van der Waals surface area contributed by atoms with Gasteiger partial charge >= 0.3 is 0 Å².